The molecule has 3 heteroatoms. The molecule has 1 atom stereocenters. The van der Waals surface area contributed by atoms with Crippen molar-refractivity contribution < 1.29 is 4.39 Å². The summed E-state index contributed by atoms with van der Waals surface area (Å²) in [6.45, 7) is 3.56. The largest absolute Gasteiger partial charge is 0.282 e. The summed E-state index contributed by atoms with van der Waals surface area (Å²) >= 11 is 0. The molecule has 17 heavy (non-hydrogen) atoms. The highest BCUT2D eigenvalue weighted by Gasteiger charge is 2.36. The van der Waals surface area contributed by atoms with E-state index < -0.39 is 5.54 Å². The van der Waals surface area contributed by atoms with E-state index in [0.29, 0.717) is 5.56 Å². The van der Waals surface area contributed by atoms with Crippen LogP contribution in [0.5, 0.6) is 0 Å². The van der Waals surface area contributed by atoms with Crippen LogP contribution in [0.2, 0.25) is 0 Å². The molecule has 0 bridgehead atoms. The predicted octanol–water partition coefficient (Wildman–Crippen LogP) is 3.05. The number of nitriles is 1. The van der Waals surface area contributed by atoms with E-state index >= 15 is 0 Å². The lowest BCUT2D eigenvalue weighted by atomic mass is 9.89. The maximum atomic E-state index is 13.8. The standard InChI is InChI=1S/C14H17FN2/c1-14(11-16,17-9-5-2-6-10-17)12-7-3-4-8-13(12)15/h3-4,7-8H,2,5-6,9-10H2,1H3. The van der Waals surface area contributed by atoms with E-state index in [4.69, 9.17) is 0 Å². The van der Waals surface area contributed by atoms with Gasteiger partial charge in [-0.3, -0.25) is 4.90 Å². The Kier molecular flexibility index (Phi) is 3.44. The number of likely N-dealkylation sites (tertiary alicyclic amines) is 1. The van der Waals surface area contributed by atoms with E-state index in [1.165, 1.54) is 12.5 Å². The number of nitrogens with zero attached hydrogens (tertiary/aromatic N) is 2. The number of rotatable bonds is 2. The van der Waals surface area contributed by atoms with Gasteiger partial charge in [0.15, 0.2) is 0 Å². The fourth-order valence-electron chi connectivity index (χ4n) is 2.50. The van der Waals surface area contributed by atoms with Crippen molar-refractivity contribution in [1.82, 2.24) is 4.90 Å². The number of piperidine rings is 1. The first-order valence-corrected chi connectivity index (χ1v) is 6.10. The van der Waals surface area contributed by atoms with Crippen LogP contribution in [0.3, 0.4) is 0 Å². The van der Waals surface area contributed by atoms with E-state index in [-0.39, 0.29) is 5.82 Å². The van der Waals surface area contributed by atoms with Crippen molar-refractivity contribution in [3.63, 3.8) is 0 Å². The molecule has 0 aromatic heterocycles. The quantitative estimate of drug-likeness (QED) is 0.783. The second-order valence-electron chi connectivity index (χ2n) is 4.71. The van der Waals surface area contributed by atoms with Gasteiger partial charge in [0, 0.05) is 5.56 Å². The van der Waals surface area contributed by atoms with E-state index in [1.54, 1.807) is 18.2 Å². The Morgan fingerprint density at radius 3 is 2.47 bits per heavy atom. The SMILES string of the molecule is CC(C#N)(c1ccccc1F)N1CCCCC1. The molecule has 1 heterocycles. The third-order valence-electron chi connectivity index (χ3n) is 3.60. The summed E-state index contributed by atoms with van der Waals surface area (Å²) in [4.78, 5) is 2.09. The van der Waals surface area contributed by atoms with Crippen LogP contribution in [0.1, 0.15) is 31.7 Å². The van der Waals surface area contributed by atoms with Crippen LogP contribution in [0.15, 0.2) is 24.3 Å². The molecule has 0 spiro atoms. The van der Waals surface area contributed by atoms with Gasteiger partial charge >= 0.3 is 0 Å². The molecule has 1 aliphatic heterocycles. The van der Waals surface area contributed by atoms with Gasteiger partial charge in [-0.1, -0.05) is 24.6 Å². The van der Waals surface area contributed by atoms with Crippen LogP contribution >= 0.6 is 0 Å². The molecular weight excluding hydrogens is 215 g/mol. The lowest BCUT2D eigenvalue weighted by molar-refractivity contribution is 0.120. The zero-order chi connectivity index (χ0) is 12.3. The Balaban J connectivity index is 2.37. The van der Waals surface area contributed by atoms with E-state index in [2.05, 4.69) is 11.0 Å². The molecule has 1 aliphatic rings. The van der Waals surface area contributed by atoms with Crippen LogP contribution in [-0.2, 0) is 5.54 Å². The Hall–Kier alpha value is -1.40. The summed E-state index contributed by atoms with van der Waals surface area (Å²) in [5, 5.41) is 9.46. The average Bonchev–Trinajstić information content (AvgIpc) is 2.39. The van der Waals surface area contributed by atoms with E-state index in [9.17, 15) is 9.65 Å². The topological polar surface area (TPSA) is 27.0 Å². The summed E-state index contributed by atoms with van der Waals surface area (Å²) < 4.78 is 13.8. The molecule has 0 amide bonds. The molecule has 1 unspecified atom stereocenters. The first-order chi connectivity index (χ1) is 8.18. The van der Waals surface area contributed by atoms with Crippen LogP contribution in [-0.4, -0.2) is 18.0 Å². The number of hydrogen-bond acceptors (Lipinski definition) is 2. The van der Waals surface area contributed by atoms with Crippen LogP contribution < -0.4 is 0 Å². The van der Waals surface area contributed by atoms with Crippen LogP contribution in [0.25, 0.3) is 0 Å². The Morgan fingerprint density at radius 2 is 1.88 bits per heavy atom. The minimum atomic E-state index is -0.842. The summed E-state index contributed by atoms with van der Waals surface area (Å²) in [6, 6.07) is 8.88. The summed E-state index contributed by atoms with van der Waals surface area (Å²) in [5.74, 6) is -0.290. The van der Waals surface area contributed by atoms with Crippen molar-refractivity contribution >= 4 is 0 Å². The van der Waals surface area contributed by atoms with Gasteiger partial charge in [0.25, 0.3) is 0 Å². The van der Waals surface area contributed by atoms with Crippen molar-refractivity contribution in [1.29, 1.82) is 5.26 Å². The second kappa shape index (κ2) is 4.85. The Bertz CT molecular complexity index is 432. The molecule has 0 N–H and O–H groups in total. The Labute approximate surface area is 102 Å². The van der Waals surface area contributed by atoms with E-state index in [0.717, 1.165) is 25.9 Å². The number of benzene rings is 1. The molecule has 2 rings (SSSR count). The fraction of sp³-hybridized carbons (Fsp3) is 0.500. The van der Waals surface area contributed by atoms with Crippen LogP contribution in [0.4, 0.5) is 4.39 Å². The smallest absolute Gasteiger partial charge is 0.134 e. The molecule has 0 saturated carbocycles. The first kappa shape index (κ1) is 12.1. The number of halogens is 1. The highest BCUT2D eigenvalue weighted by Crippen LogP contribution is 2.31. The maximum Gasteiger partial charge on any atom is 0.134 e. The molecule has 1 aromatic rings. The second-order valence-corrected chi connectivity index (χ2v) is 4.71. The summed E-state index contributed by atoms with van der Waals surface area (Å²) in [6.07, 6.45) is 3.38. The minimum Gasteiger partial charge on any atom is -0.282 e. The maximum absolute atomic E-state index is 13.8. The molecule has 90 valence electrons. The van der Waals surface area contributed by atoms with Crippen LogP contribution in [0, 0.1) is 17.1 Å². The third kappa shape index (κ3) is 2.18. The van der Waals surface area contributed by atoms with Crippen molar-refractivity contribution in [3.8, 4) is 6.07 Å². The van der Waals surface area contributed by atoms with Gasteiger partial charge < -0.3 is 0 Å². The fourth-order valence-corrected chi connectivity index (χ4v) is 2.50. The minimum absolute atomic E-state index is 0.290. The van der Waals surface area contributed by atoms with Gasteiger partial charge in [-0.15, -0.1) is 0 Å². The monoisotopic (exact) mass is 232 g/mol. The summed E-state index contributed by atoms with van der Waals surface area (Å²) in [5.41, 5.74) is -0.351. The van der Waals surface area contributed by atoms with Crippen molar-refractivity contribution in [2.45, 2.75) is 31.7 Å². The van der Waals surface area contributed by atoms with Crippen molar-refractivity contribution in [3.05, 3.63) is 35.6 Å². The highest BCUT2D eigenvalue weighted by molar-refractivity contribution is 5.32. The normalized spacial score (nSPS) is 20.5. The van der Waals surface area contributed by atoms with Gasteiger partial charge in [0.2, 0.25) is 0 Å². The Morgan fingerprint density at radius 1 is 1.24 bits per heavy atom. The number of hydrogen-bond donors (Lipinski definition) is 0. The molecule has 1 saturated heterocycles. The lowest BCUT2D eigenvalue weighted by Gasteiger charge is -2.38. The zero-order valence-electron chi connectivity index (χ0n) is 10.1. The van der Waals surface area contributed by atoms with Crippen molar-refractivity contribution in [2.75, 3.05) is 13.1 Å². The molecule has 1 fully saturated rings. The van der Waals surface area contributed by atoms with Crippen molar-refractivity contribution in [2.24, 2.45) is 0 Å². The molecule has 0 radical (unpaired) electrons. The summed E-state index contributed by atoms with van der Waals surface area (Å²) in [7, 11) is 0. The zero-order valence-corrected chi connectivity index (χ0v) is 10.1. The molecule has 1 aromatic carbocycles. The van der Waals surface area contributed by atoms with Gasteiger partial charge in [-0.2, -0.15) is 5.26 Å². The molecular formula is C14H17FN2. The van der Waals surface area contributed by atoms with E-state index in [1.807, 2.05) is 6.92 Å². The first-order valence-electron chi connectivity index (χ1n) is 6.10. The molecule has 0 aliphatic carbocycles. The third-order valence-corrected chi connectivity index (χ3v) is 3.60. The highest BCUT2D eigenvalue weighted by atomic mass is 19.1. The van der Waals surface area contributed by atoms with Gasteiger partial charge in [0.05, 0.1) is 6.07 Å². The lowest BCUT2D eigenvalue weighted by Crippen LogP contribution is -2.46. The van der Waals surface area contributed by atoms with Gasteiger partial charge in [0.1, 0.15) is 11.4 Å². The molecule has 2 nitrogen and oxygen atoms in total. The average molecular weight is 232 g/mol. The van der Waals surface area contributed by atoms with Gasteiger partial charge in [-0.05, 0) is 38.9 Å². The predicted molar refractivity (Wildman–Crippen MR) is 64.8 cm³/mol. The van der Waals surface area contributed by atoms with Gasteiger partial charge in [-0.25, -0.2) is 4.39 Å².